The minimum absolute atomic E-state index is 0.100. The second-order valence-corrected chi connectivity index (χ2v) is 6.53. The van der Waals surface area contributed by atoms with Crippen LogP contribution in [0.2, 0.25) is 0 Å². The molecule has 4 nitrogen and oxygen atoms in total. The number of para-hydroxylation sites is 1. The van der Waals surface area contributed by atoms with Crippen LogP contribution in [0.3, 0.4) is 0 Å². The van der Waals surface area contributed by atoms with Crippen molar-refractivity contribution in [2.75, 3.05) is 32.8 Å². The summed E-state index contributed by atoms with van der Waals surface area (Å²) < 4.78 is 42.8. The summed E-state index contributed by atoms with van der Waals surface area (Å²) >= 11 is 0. The number of piperidine rings is 1. The van der Waals surface area contributed by atoms with Crippen molar-refractivity contribution in [1.29, 1.82) is 0 Å². The number of benzene rings is 1. The van der Waals surface area contributed by atoms with E-state index in [0.717, 1.165) is 16.9 Å². The number of carbonyl (C=O) groups excluding carboxylic acids is 1. The van der Waals surface area contributed by atoms with E-state index in [-0.39, 0.29) is 11.8 Å². The van der Waals surface area contributed by atoms with Crippen molar-refractivity contribution in [1.82, 2.24) is 10.2 Å². The quantitative estimate of drug-likeness (QED) is 0.795. The molecule has 0 aromatic heterocycles. The first-order chi connectivity index (χ1) is 11.8. The monoisotopic (exact) mass is 358 g/mol. The Morgan fingerprint density at radius 1 is 1.24 bits per heavy atom. The first-order valence-electron chi connectivity index (χ1n) is 8.52. The van der Waals surface area contributed by atoms with Gasteiger partial charge in [-0.2, -0.15) is 13.2 Å². The number of carbonyl (C=O) groups is 1. The zero-order valence-electron chi connectivity index (χ0n) is 14.7. The van der Waals surface area contributed by atoms with E-state index in [4.69, 9.17) is 4.74 Å². The molecule has 1 fully saturated rings. The molecule has 0 unspecified atom stereocenters. The number of halogens is 3. The molecule has 1 amide bonds. The van der Waals surface area contributed by atoms with Crippen LogP contribution in [0.15, 0.2) is 18.2 Å². The lowest BCUT2D eigenvalue weighted by Crippen LogP contribution is -2.44. The van der Waals surface area contributed by atoms with Gasteiger partial charge < -0.3 is 10.1 Å². The molecule has 0 aliphatic carbocycles. The average Bonchev–Trinajstić information content (AvgIpc) is 2.52. The number of aryl methyl sites for hydroxylation is 2. The molecule has 2 rings (SSSR count). The lowest BCUT2D eigenvalue weighted by atomic mass is 9.96. The average molecular weight is 358 g/mol. The SMILES string of the molecule is Cc1cccc(C)c1OCCNC(=O)C1CCN(CC(F)(F)F)CC1. The van der Waals surface area contributed by atoms with Crippen molar-refractivity contribution >= 4 is 5.91 Å². The van der Waals surface area contributed by atoms with Gasteiger partial charge in [0.05, 0.1) is 13.1 Å². The van der Waals surface area contributed by atoms with E-state index in [1.807, 2.05) is 32.0 Å². The zero-order chi connectivity index (χ0) is 18.4. The number of rotatable bonds is 6. The van der Waals surface area contributed by atoms with Crippen molar-refractivity contribution in [2.45, 2.75) is 32.9 Å². The van der Waals surface area contributed by atoms with Gasteiger partial charge in [-0.3, -0.25) is 9.69 Å². The normalized spacial score (nSPS) is 16.7. The predicted molar refractivity (Wildman–Crippen MR) is 89.6 cm³/mol. The molecule has 0 bridgehead atoms. The molecule has 1 aliphatic heterocycles. The van der Waals surface area contributed by atoms with Gasteiger partial charge >= 0.3 is 6.18 Å². The Morgan fingerprint density at radius 2 is 1.84 bits per heavy atom. The fourth-order valence-corrected chi connectivity index (χ4v) is 3.11. The zero-order valence-corrected chi connectivity index (χ0v) is 14.7. The van der Waals surface area contributed by atoms with Crippen LogP contribution in [-0.4, -0.2) is 49.8 Å². The number of nitrogens with one attached hydrogen (secondary N) is 1. The van der Waals surface area contributed by atoms with Crippen LogP contribution in [-0.2, 0) is 4.79 Å². The highest BCUT2D eigenvalue weighted by atomic mass is 19.4. The van der Waals surface area contributed by atoms with Crippen molar-refractivity contribution in [3.63, 3.8) is 0 Å². The van der Waals surface area contributed by atoms with Gasteiger partial charge in [0.15, 0.2) is 0 Å². The third-order valence-electron chi connectivity index (χ3n) is 4.42. The third-order valence-corrected chi connectivity index (χ3v) is 4.42. The maximum Gasteiger partial charge on any atom is 0.401 e. The van der Waals surface area contributed by atoms with Gasteiger partial charge in [-0.25, -0.2) is 0 Å². The van der Waals surface area contributed by atoms with Crippen LogP contribution < -0.4 is 10.1 Å². The maximum absolute atomic E-state index is 12.4. The standard InChI is InChI=1S/C18H25F3N2O2/c1-13-4-3-5-14(2)16(13)25-11-8-22-17(24)15-6-9-23(10-7-15)12-18(19,20)21/h3-5,15H,6-12H2,1-2H3,(H,22,24). The Kier molecular flexibility index (Phi) is 6.70. The summed E-state index contributed by atoms with van der Waals surface area (Å²) in [5.41, 5.74) is 2.09. The lowest BCUT2D eigenvalue weighted by molar-refractivity contribution is -0.149. The van der Waals surface area contributed by atoms with Crippen molar-refractivity contribution in [2.24, 2.45) is 5.92 Å². The van der Waals surface area contributed by atoms with Gasteiger partial charge in [0, 0.05) is 5.92 Å². The summed E-state index contributed by atoms with van der Waals surface area (Å²) in [5.74, 6) is 0.513. The second-order valence-electron chi connectivity index (χ2n) is 6.53. The first-order valence-corrected chi connectivity index (χ1v) is 8.52. The Balaban J connectivity index is 1.68. The summed E-state index contributed by atoms with van der Waals surface area (Å²) in [5, 5.41) is 2.82. The van der Waals surface area contributed by atoms with E-state index in [0.29, 0.717) is 39.1 Å². The van der Waals surface area contributed by atoms with E-state index in [9.17, 15) is 18.0 Å². The molecule has 0 saturated carbocycles. The summed E-state index contributed by atoms with van der Waals surface area (Å²) in [4.78, 5) is 13.5. The fourth-order valence-electron chi connectivity index (χ4n) is 3.11. The van der Waals surface area contributed by atoms with Gasteiger partial charge in [-0.15, -0.1) is 0 Å². The molecule has 1 saturated heterocycles. The Morgan fingerprint density at radius 3 is 2.40 bits per heavy atom. The number of hydrogen-bond acceptors (Lipinski definition) is 3. The van der Waals surface area contributed by atoms with Gasteiger partial charge in [0.2, 0.25) is 5.91 Å². The van der Waals surface area contributed by atoms with Gasteiger partial charge in [0.25, 0.3) is 0 Å². The number of ether oxygens (including phenoxy) is 1. The highest BCUT2D eigenvalue weighted by Gasteiger charge is 2.33. The van der Waals surface area contributed by atoms with E-state index in [1.54, 1.807) is 0 Å². The molecular weight excluding hydrogens is 333 g/mol. The molecule has 7 heteroatoms. The first kappa shape index (κ1) is 19.6. The molecule has 1 heterocycles. The van der Waals surface area contributed by atoms with Crippen LogP contribution in [0, 0.1) is 19.8 Å². The molecule has 140 valence electrons. The van der Waals surface area contributed by atoms with Crippen LogP contribution >= 0.6 is 0 Å². The maximum atomic E-state index is 12.4. The number of amides is 1. The summed E-state index contributed by atoms with van der Waals surface area (Å²) in [6, 6.07) is 5.90. The minimum atomic E-state index is -4.18. The molecule has 0 atom stereocenters. The Hall–Kier alpha value is -1.76. The number of hydrogen-bond donors (Lipinski definition) is 1. The lowest BCUT2D eigenvalue weighted by Gasteiger charge is -2.31. The summed E-state index contributed by atoms with van der Waals surface area (Å²) in [6.45, 7) is 4.39. The van der Waals surface area contributed by atoms with Crippen LogP contribution in [0.1, 0.15) is 24.0 Å². The van der Waals surface area contributed by atoms with E-state index >= 15 is 0 Å². The summed E-state index contributed by atoms with van der Waals surface area (Å²) in [6.07, 6.45) is -3.26. The van der Waals surface area contributed by atoms with Crippen molar-refractivity contribution in [3.8, 4) is 5.75 Å². The molecule has 1 N–H and O–H groups in total. The van der Waals surface area contributed by atoms with Gasteiger partial charge in [-0.05, 0) is 50.9 Å². The summed E-state index contributed by atoms with van der Waals surface area (Å²) in [7, 11) is 0. The molecule has 25 heavy (non-hydrogen) atoms. The van der Waals surface area contributed by atoms with E-state index in [1.165, 1.54) is 4.90 Å². The number of likely N-dealkylation sites (tertiary alicyclic amines) is 1. The molecule has 0 spiro atoms. The molecular formula is C18H25F3N2O2. The minimum Gasteiger partial charge on any atom is -0.491 e. The van der Waals surface area contributed by atoms with Crippen LogP contribution in [0.4, 0.5) is 13.2 Å². The topological polar surface area (TPSA) is 41.6 Å². The molecule has 0 radical (unpaired) electrons. The van der Waals surface area contributed by atoms with Gasteiger partial charge in [-0.1, -0.05) is 18.2 Å². The Labute approximate surface area is 146 Å². The second kappa shape index (κ2) is 8.56. The Bertz CT molecular complexity index is 562. The van der Waals surface area contributed by atoms with Crippen LogP contribution in [0.25, 0.3) is 0 Å². The number of nitrogens with zero attached hydrogens (tertiary/aromatic N) is 1. The fraction of sp³-hybridized carbons (Fsp3) is 0.611. The third kappa shape index (κ3) is 6.23. The smallest absolute Gasteiger partial charge is 0.401 e. The van der Waals surface area contributed by atoms with Crippen molar-refractivity contribution < 1.29 is 22.7 Å². The van der Waals surface area contributed by atoms with Crippen molar-refractivity contribution in [3.05, 3.63) is 29.3 Å². The molecule has 1 aromatic carbocycles. The highest BCUT2D eigenvalue weighted by Crippen LogP contribution is 2.23. The predicted octanol–water partition coefficient (Wildman–Crippen LogP) is 3.07. The number of alkyl halides is 3. The molecule has 1 aromatic rings. The van der Waals surface area contributed by atoms with E-state index in [2.05, 4.69) is 5.32 Å². The largest absolute Gasteiger partial charge is 0.491 e. The van der Waals surface area contributed by atoms with Gasteiger partial charge in [0.1, 0.15) is 12.4 Å². The van der Waals surface area contributed by atoms with E-state index < -0.39 is 12.7 Å². The highest BCUT2D eigenvalue weighted by molar-refractivity contribution is 5.78. The molecule has 1 aliphatic rings. The van der Waals surface area contributed by atoms with Crippen LogP contribution in [0.5, 0.6) is 5.75 Å².